The highest BCUT2D eigenvalue weighted by Crippen LogP contribution is 2.20. The van der Waals surface area contributed by atoms with Gasteiger partial charge in [0.05, 0.1) is 22.9 Å². The SMILES string of the molecule is C[C@@H]1CN(Cc2nc(Cl)ccc2Cl)C[C@H](C)O1. The topological polar surface area (TPSA) is 25.4 Å². The van der Waals surface area contributed by atoms with E-state index in [1.54, 1.807) is 12.1 Å². The second-order valence-corrected chi connectivity index (χ2v) is 5.31. The van der Waals surface area contributed by atoms with Crippen LogP contribution >= 0.6 is 23.2 Å². The van der Waals surface area contributed by atoms with Gasteiger partial charge in [0.15, 0.2) is 0 Å². The third-order valence-electron chi connectivity index (χ3n) is 2.75. The Hall–Kier alpha value is -0.350. The molecule has 2 heterocycles. The maximum atomic E-state index is 6.11. The van der Waals surface area contributed by atoms with Crippen molar-refractivity contribution >= 4 is 23.2 Å². The Balaban J connectivity index is 2.07. The number of halogens is 2. The van der Waals surface area contributed by atoms with E-state index in [0.29, 0.717) is 10.2 Å². The lowest BCUT2D eigenvalue weighted by Gasteiger charge is -2.35. The van der Waals surface area contributed by atoms with Gasteiger partial charge >= 0.3 is 0 Å². The van der Waals surface area contributed by atoms with Crippen molar-refractivity contribution in [3.05, 3.63) is 28.0 Å². The molecular formula is C12H16Cl2N2O. The Morgan fingerprint density at radius 3 is 2.59 bits per heavy atom. The summed E-state index contributed by atoms with van der Waals surface area (Å²) in [5.41, 5.74) is 0.834. The molecule has 0 unspecified atom stereocenters. The maximum Gasteiger partial charge on any atom is 0.129 e. The zero-order valence-corrected chi connectivity index (χ0v) is 11.5. The first kappa shape index (κ1) is 13.1. The van der Waals surface area contributed by atoms with Crippen LogP contribution < -0.4 is 0 Å². The number of nitrogens with zero attached hydrogens (tertiary/aromatic N) is 2. The summed E-state index contributed by atoms with van der Waals surface area (Å²) in [6.07, 6.45) is 0.494. The molecule has 3 nitrogen and oxygen atoms in total. The standard InChI is InChI=1S/C12H16Cl2N2O/c1-8-5-16(6-9(2)17-8)7-11-10(13)3-4-12(14)15-11/h3-4,8-9H,5-7H2,1-2H3/t8-,9+. The second-order valence-electron chi connectivity index (χ2n) is 4.51. The summed E-state index contributed by atoms with van der Waals surface area (Å²) in [5.74, 6) is 0. The fraction of sp³-hybridized carbons (Fsp3) is 0.583. The van der Waals surface area contributed by atoms with Gasteiger partial charge in [-0.1, -0.05) is 23.2 Å². The van der Waals surface area contributed by atoms with Gasteiger partial charge in [-0.3, -0.25) is 4.90 Å². The van der Waals surface area contributed by atoms with Crippen molar-refractivity contribution in [2.75, 3.05) is 13.1 Å². The van der Waals surface area contributed by atoms with Gasteiger partial charge in [-0.05, 0) is 26.0 Å². The molecule has 94 valence electrons. The van der Waals surface area contributed by atoms with Crippen LogP contribution in [-0.2, 0) is 11.3 Å². The molecule has 5 heteroatoms. The van der Waals surface area contributed by atoms with E-state index in [9.17, 15) is 0 Å². The summed E-state index contributed by atoms with van der Waals surface area (Å²) >= 11 is 12.0. The molecule has 0 N–H and O–H groups in total. The van der Waals surface area contributed by atoms with Crippen LogP contribution in [0.3, 0.4) is 0 Å². The average Bonchev–Trinajstić information content (AvgIpc) is 2.22. The van der Waals surface area contributed by atoms with Gasteiger partial charge in [-0.15, -0.1) is 0 Å². The lowest BCUT2D eigenvalue weighted by molar-refractivity contribution is -0.0707. The van der Waals surface area contributed by atoms with Gasteiger partial charge in [-0.2, -0.15) is 0 Å². The molecule has 1 aromatic heterocycles. The highest BCUT2D eigenvalue weighted by Gasteiger charge is 2.23. The third kappa shape index (κ3) is 3.55. The van der Waals surface area contributed by atoms with Crippen LogP contribution in [-0.4, -0.2) is 35.2 Å². The Labute approximate surface area is 112 Å². The molecule has 1 fully saturated rings. The van der Waals surface area contributed by atoms with Crippen LogP contribution in [0.5, 0.6) is 0 Å². The highest BCUT2D eigenvalue weighted by atomic mass is 35.5. The molecule has 0 bridgehead atoms. The molecule has 1 aromatic rings. The first-order valence-corrected chi connectivity index (χ1v) is 6.49. The monoisotopic (exact) mass is 274 g/mol. The average molecular weight is 275 g/mol. The molecule has 0 aromatic carbocycles. The number of pyridine rings is 1. The third-order valence-corrected chi connectivity index (χ3v) is 3.31. The predicted molar refractivity (Wildman–Crippen MR) is 69.5 cm³/mol. The van der Waals surface area contributed by atoms with E-state index in [4.69, 9.17) is 27.9 Å². The molecule has 0 saturated carbocycles. The first-order valence-electron chi connectivity index (χ1n) is 5.73. The van der Waals surface area contributed by atoms with Gasteiger partial charge in [0, 0.05) is 19.6 Å². The smallest absolute Gasteiger partial charge is 0.129 e. The minimum Gasteiger partial charge on any atom is -0.373 e. The van der Waals surface area contributed by atoms with Crippen molar-refractivity contribution in [2.45, 2.75) is 32.6 Å². The minimum atomic E-state index is 0.247. The molecule has 0 radical (unpaired) electrons. The molecule has 0 spiro atoms. The van der Waals surface area contributed by atoms with E-state index in [-0.39, 0.29) is 12.2 Å². The fourth-order valence-electron chi connectivity index (χ4n) is 2.19. The van der Waals surface area contributed by atoms with Gasteiger partial charge in [-0.25, -0.2) is 4.98 Å². The first-order chi connectivity index (χ1) is 8.04. The molecule has 2 atom stereocenters. The summed E-state index contributed by atoms with van der Waals surface area (Å²) in [4.78, 5) is 6.56. The van der Waals surface area contributed by atoms with Crippen LogP contribution in [0.1, 0.15) is 19.5 Å². The Bertz CT molecular complexity index is 390. The lowest BCUT2D eigenvalue weighted by Crippen LogP contribution is -2.45. The number of aromatic nitrogens is 1. The molecule has 1 saturated heterocycles. The van der Waals surface area contributed by atoms with Gasteiger partial charge < -0.3 is 4.74 Å². The molecule has 0 amide bonds. The fourth-order valence-corrected chi connectivity index (χ4v) is 2.52. The Morgan fingerprint density at radius 2 is 1.94 bits per heavy atom. The van der Waals surface area contributed by atoms with Gasteiger partial charge in [0.1, 0.15) is 5.15 Å². The molecule has 1 aliphatic rings. The summed E-state index contributed by atoms with van der Waals surface area (Å²) in [6.45, 7) is 6.67. The Kier molecular flexibility index (Phi) is 4.26. The summed E-state index contributed by atoms with van der Waals surface area (Å²) in [6, 6.07) is 3.50. The largest absolute Gasteiger partial charge is 0.373 e. The number of ether oxygens (including phenoxy) is 1. The van der Waals surface area contributed by atoms with Crippen molar-refractivity contribution in [2.24, 2.45) is 0 Å². The van der Waals surface area contributed by atoms with Crippen molar-refractivity contribution in [1.82, 2.24) is 9.88 Å². The maximum absolute atomic E-state index is 6.11. The van der Waals surface area contributed by atoms with Crippen LogP contribution in [0.25, 0.3) is 0 Å². The summed E-state index contributed by atoms with van der Waals surface area (Å²) in [7, 11) is 0. The normalized spacial score (nSPS) is 26.1. The quantitative estimate of drug-likeness (QED) is 0.776. The van der Waals surface area contributed by atoms with Crippen LogP contribution in [0.2, 0.25) is 10.2 Å². The Morgan fingerprint density at radius 1 is 1.29 bits per heavy atom. The molecule has 2 rings (SSSR count). The van der Waals surface area contributed by atoms with Crippen LogP contribution in [0.15, 0.2) is 12.1 Å². The van der Waals surface area contributed by atoms with Crippen LogP contribution in [0.4, 0.5) is 0 Å². The van der Waals surface area contributed by atoms with Crippen molar-refractivity contribution in [1.29, 1.82) is 0 Å². The highest BCUT2D eigenvalue weighted by molar-refractivity contribution is 6.32. The zero-order valence-electron chi connectivity index (χ0n) is 9.99. The summed E-state index contributed by atoms with van der Waals surface area (Å²) < 4.78 is 5.69. The lowest BCUT2D eigenvalue weighted by atomic mass is 10.2. The molecule has 17 heavy (non-hydrogen) atoms. The number of rotatable bonds is 2. The van der Waals surface area contributed by atoms with E-state index in [2.05, 4.69) is 23.7 Å². The predicted octanol–water partition coefficient (Wildman–Crippen LogP) is 3.00. The summed E-state index contributed by atoms with van der Waals surface area (Å²) in [5, 5.41) is 1.15. The molecular weight excluding hydrogens is 259 g/mol. The van der Waals surface area contributed by atoms with Gasteiger partial charge in [0.25, 0.3) is 0 Å². The number of hydrogen-bond donors (Lipinski definition) is 0. The van der Waals surface area contributed by atoms with Gasteiger partial charge in [0.2, 0.25) is 0 Å². The number of hydrogen-bond acceptors (Lipinski definition) is 3. The van der Waals surface area contributed by atoms with Crippen molar-refractivity contribution in [3.8, 4) is 0 Å². The zero-order chi connectivity index (χ0) is 12.4. The minimum absolute atomic E-state index is 0.247. The van der Waals surface area contributed by atoms with E-state index < -0.39 is 0 Å². The van der Waals surface area contributed by atoms with Crippen molar-refractivity contribution < 1.29 is 4.74 Å². The van der Waals surface area contributed by atoms with E-state index in [1.165, 1.54) is 0 Å². The van der Waals surface area contributed by atoms with Crippen molar-refractivity contribution in [3.63, 3.8) is 0 Å². The van der Waals surface area contributed by atoms with E-state index in [0.717, 1.165) is 25.3 Å². The van der Waals surface area contributed by atoms with E-state index >= 15 is 0 Å². The molecule has 1 aliphatic heterocycles. The van der Waals surface area contributed by atoms with Crippen LogP contribution in [0, 0.1) is 0 Å². The molecule has 0 aliphatic carbocycles. The second kappa shape index (κ2) is 5.53. The number of morpholine rings is 1. The van der Waals surface area contributed by atoms with E-state index in [1.807, 2.05) is 0 Å².